The molecular formula is C16H16ClF3N4O2. The lowest BCUT2D eigenvalue weighted by atomic mass is 10.2. The van der Waals surface area contributed by atoms with E-state index in [9.17, 15) is 18.0 Å². The number of aromatic nitrogens is 2. The molecule has 1 aromatic heterocycles. The summed E-state index contributed by atoms with van der Waals surface area (Å²) in [5.41, 5.74) is -1.15. The third-order valence-electron chi connectivity index (χ3n) is 2.79. The highest BCUT2D eigenvalue weighted by Gasteiger charge is 2.30. The second-order valence-electron chi connectivity index (χ2n) is 6.23. The van der Waals surface area contributed by atoms with Gasteiger partial charge in [0.2, 0.25) is 5.95 Å². The second kappa shape index (κ2) is 7.36. The Balaban J connectivity index is 2.13. The summed E-state index contributed by atoms with van der Waals surface area (Å²) in [5.74, 6) is 0.0805. The van der Waals surface area contributed by atoms with E-state index in [4.69, 9.17) is 16.3 Å². The third kappa shape index (κ3) is 6.07. The summed E-state index contributed by atoms with van der Waals surface area (Å²) in [6.07, 6.45) is -5.15. The zero-order valence-corrected chi connectivity index (χ0v) is 14.9. The quantitative estimate of drug-likeness (QED) is 0.703. The van der Waals surface area contributed by atoms with Gasteiger partial charge in [-0.3, -0.25) is 5.32 Å². The highest BCUT2D eigenvalue weighted by Crippen LogP contribution is 2.30. The maximum Gasteiger partial charge on any atom is 0.416 e. The topological polar surface area (TPSA) is 76.1 Å². The normalized spacial score (nSPS) is 11.8. The van der Waals surface area contributed by atoms with Gasteiger partial charge < -0.3 is 10.1 Å². The molecule has 0 fully saturated rings. The number of halogens is 4. The predicted octanol–water partition coefficient (Wildman–Crippen LogP) is 5.24. The SMILES string of the molecule is CC(C)(C)OC(=O)Nc1cc(Cl)nc(Nc2ccc(C(F)(F)F)cc2)n1. The molecule has 10 heteroatoms. The molecule has 2 aromatic rings. The summed E-state index contributed by atoms with van der Waals surface area (Å²) in [6, 6.07) is 5.62. The first-order chi connectivity index (χ1) is 11.9. The Labute approximate surface area is 152 Å². The number of alkyl halides is 3. The van der Waals surface area contributed by atoms with Gasteiger partial charge in [-0.25, -0.2) is 9.78 Å². The molecule has 1 amide bonds. The van der Waals surface area contributed by atoms with Crippen LogP contribution in [0.5, 0.6) is 0 Å². The van der Waals surface area contributed by atoms with Crippen molar-refractivity contribution in [3.05, 3.63) is 41.0 Å². The van der Waals surface area contributed by atoms with Gasteiger partial charge in [0.1, 0.15) is 16.6 Å². The molecule has 0 atom stereocenters. The van der Waals surface area contributed by atoms with E-state index >= 15 is 0 Å². The molecule has 0 saturated carbocycles. The van der Waals surface area contributed by atoms with Crippen molar-refractivity contribution in [2.75, 3.05) is 10.6 Å². The number of hydrogen-bond donors (Lipinski definition) is 2. The van der Waals surface area contributed by atoms with Crippen molar-refractivity contribution >= 4 is 35.1 Å². The molecule has 0 aliphatic heterocycles. The Bertz CT molecular complexity index is 790. The van der Waals surface area contributed by atoms with Crippen molar-refractivity contribution < 1.29 is 22.7 Å². The van der Waals surface area contributed by atoms with Crippen molar-refractivity contribution in [3.63, 3.8) is 0 Å². The summed E-state index contributed by atoms with van der Waals surface area (Å²) in [7, 11) is 0. The van der Waals surface area contributed by atoms with Gasteiger partial charge in [0.15, 0.2) is 0 Å². The molecule has 1 heterocycles. The third-order valence-corrected chi connectivity index (χ3v) is 2.99. The van der Waals surface area contributed by atoms with Crippen LogP contribution in [0.4, 0.5) is 35.4 Å². The molecule has 0 aliphatic carbocycles. The Morgan fingerprint density at radius 1 is 1.12 bits per heavy atom. The number of benzene rings is 1. The van der Waals surface area contributed by atoms with Gasteiger partial charge >= 0.3 is 12.3 Å². The number of hydrogen-bond acceptors (Lipinski definition) is 5. The second-order valence-corrected chi connectivity index (χ2v) is 6.61. The molecule has 1 aromatic carbocycles. The van der Waals surface area contributed by atoms with Gasteiger partial charge in [-0.15, -0.1) is 0 Å². The number of amides is 1. The van der Waals surface area contributed by atoms with Crippen LogP contribution in [0, 0.1) is 0 Å². The molecule has 2 rings (SSSR count). The van der Waals surface area contributed by atoms with E-state index in [1.165, 1.54) is 18.2 Å². The van der Waals surface area contributed by atoms with E-state index in [0.29, 0.717) is 5.69 Å². The van der Waals surface area contributed by atoms with Gasteiger partial charge in [-0.2, -0.15) is 18.2 Å². The Hall–Kier alpha value is -2.55. The highest BCUT2D eigenvalue weighted by atomic mass is 35.5. The van der Waals surface area contributed by atoms with E-state index in [2.05, 4.69) is 20.6 Å². The van der Waals surface area contributed by atoms with Crippen LogP contribution < -0.4 is 10.6 Å². The van der Waals surface area contributed by atoms with Crippen LogP contribution >= 0.6 is 11.6 Å². The van der Waals surface area contributed by atoms with Crippen molar-refractivity contribution in [2.45, 2.75) is 32.5 Å². The summed E-state index contributed by atoms with van der Waals surface area (Å²) < 4.78 is 42.8. The zero-order chi connectivity index (χ0) is 19.5. The van der Waals surface area contributed by atoms with Gasteiger partial charge in [0.25, 0.3) is 0 Å². The lowest BCUT2D eigenvalue weighted by molar-refractivity contribution is -0.137. The van der Waals surface area contributed by atoms with Crippen molar-refractivity contribution in [2.24, 2.45) is 0 Å². The molecule has 0 unspecified atom stereocenters. The van der Waals surface area contributed by atoms with Crippen LogP contribution in [0.3, 0.4) is 0 Å². The van der Waals surface area contributed by atoms with Gasteiger partial charge in [-0.1, -0.05) is 11.6 Å². The van der Waals surface area contributed by atoms with Gasteiger partial charge in [-0.05, 0) is 45.0 Å². The molecule has 0 saturated heterocycles. The molecule has 0 aliphatic rings. The van der Waals surface area contributed by atoms with Crippen LogP contribution in [-0.4, -0.2) is 21.7 Å². The smallest absolute Gasteiger partial charge is 0.416 e. The number of rotatable bonds is 3. The largest absolute Gasteiger partial charge is 0.444 e. The first-order valence-corrected chi connectivity index (χ1v) is 7.79. The fourth-order valence-corrected chi connectivity index (χ4v) is 2.00. The van der Waals surface area contributed by atoms with Crippen LogP contribution in [0.2, 0.25) is 5.15 Å². The average Bonchev–Trinajstić information content (AvgIpc) is 2.43. The minimum Gasteiger partial charge on any atom is -0.444 e. The minimum absolute atomic E-state index is 0.00307. The van der Waals surface area contributed by atoms with Crippen molar-refractivity contribution in [1.82, 2.24) is 9.97 Å². The Morgan fingerprint density at radius 3 is 2.27 bits per heavy atom. The molecule has 0 bridgehead atoms. The molecule has 26 heavy (non-hydrogen) atoms. The average molecular weight is 389 g/mol. The number of nitrogens with zero attached hydrogens (tertiary/aromatic N) is 2. The van der Waals surface area contributed by atoms with Crippen molar-refractivity contribution in [3.8, 4) is 0 Å². The predicted molar refractivity (Wildman–Crippen MR) is 91.6 cm³/mol. The molecular weight excluding hydrogens is 373 g/mol. The fraction of sp³-hybridized carbons (Fsp3) is 0.312. The van der Waals surface area contributed by atoms with E-state index in [0.717, 1.165) is 12.1 Å². The highest BCUT2D eigenvalue weighted by molar-refractivity contribution is 6.29. The van der Waals surface area contributed by atoms with Gasteiger partial charge in [0.05, 0.1) is 5.56 Å². The van der Waals surface area contributed by atoms with Crippen LogP contribution in [0.15, 0.2) is 30.3 Å². The van der Waals surface area contributed by atoms with E-state index < -0.39 is 23.4 Å². The van der Waals surface area contributed by atoms with Crippen molar-refractivity contribution in [1.29, 1.82) is 0 Å². The Morgan fingerprint density at radius 2 is 1.73 bits per heavy atom. The van der Waals surface area contributed by atoms with E-state index in [1.807, 2.05) is 0 Å². The Kier molecular flexibility index (Phi) is 5.60. The maximum atomic E-state index is 12.6. The maximum absolute atomic E-state index is 12.6. The lowest BCUT2D eigenvalue weighted by Crippen LogP contribution is -2.27. The zero-order valence-electron chi connectivity index (χ0n) is 14.1. The minimum atomic E-state index is -4.42. The van der Waals surface area contributed by atoms with Crippen LogP contribution in [0.1, 0.15) is 26.3 Å². The molecule has 0 spiro atoms. The summed E-state index contributed by atoms with van der Waals surface area (Å²) in [5, 5.41) is 5.16. The standard InChI is InChI=1S/C16H16ClF3N4O2/c1-15(2,3)26-14(25)24-12-8-11(17)22-13(23-12)21-10-6-4-9(5-7-10)16(18,19)20/h4-8H,1-3H3,(H2,21,22,23,24,25). The number of carbonyl (C=O) groups is 1. The summed E-state index contributed by atoms with van der Waals surface area (Å²) in [6.45, 7) is 5.12. The lowest BCUT2D eigenvalue weighted by Gasteiger charge is -2.19. The summed E-state index contributed by atoms with van der Waals surface area (Å²) in [4.78, 5) is 19.7. The number of anilines is 3. The first kappa shape index (κ1) is 19.8. The summed E-state index contributed by atoms with van der Waals surface area (Å²) >= 11 is 5.89. The van der Waals surface area contributed by atoms with E-state index in [-0.39, 0.29) is 16.9 Å². The molecule has 140 valence electrons. The fourth-order valence-electron chi connectivity index (χ4n) is 1.82. The molecule has 0 radical (unpaired) electrons. The number of ether oxygens (including phenoxy) is 1. The number of carbonyl (C=O) groups excluding carboxylic acids is 1. The van der Waals surface area contributed by atoms with E-state index in [1.54, 1.807) is 20.8 Å². The van der Waals surface area contributed by atoms with Crippen LogP contribution in [0.25, 0.3) is 0 Å². The monoisotopic (exact) mass is 388 g/mol. The number of nitrogens with one attached hydrogen (secondary N) is 2. The van der Waals surface area contributed by atoms with Crippen LogP contribution in [-0.2, 0) is 10.9 Å². The molecule has 6 nitrogen and oxygen atoms in total. The first-order valence-electron chi connectivity index (χ1n) is 7.41. The molecule has 2 N–H and O–H groups in total. The van der Waals surface area contributed by atoms with Gasteiger partial charge in [0, 0.05) is 11.8 Å².